The molecule has 0 aliphatic heterocycles. The van der Waals surface area contributed by atoms with E-state index in [-0.39, 0.29) is 17.1 Å². The predicted octanol–water partition coefficient (Wildman–Crippen LogP) is 6.13. The molecule has 0 aliphatic carbocycles. The number of aromatic amines is 1. The van der Waals surface area contributed by atoms with Crippen molar-refractivity contribution in [2.24, 2.45) is 0 Å². The number of nitriles is 1. The van der Waals surface area contributed by atoms with Gasteiger partial charge in [-0.2, -0.15) is 5.26 Å². The van der Waals surface area contributed by atoms with Crippen molar-refractivity contribution >= 4 is 49.9 Å². The number of imidazole rings is 1. The maximum Gasteiger partial charge on any atom is 0.152 e. The van der Waals surface area contributed by atoms with Crippen LogP contribution >= 0.6 is 23.1 Å². The first-order valence-electron chi connectivity index (χ1n) is 9.86. The number of benzene rings is 2. The number of hydrogen-bond acceptors (Lipinski definition) is 7. The van der Waals surface area contributed by atoms with Gasteiger partial charge in [-0.3, -0.25) is 0 Å². The molecule has 3 aromatic heterocycles. The van der Waals surface area contributed by atoms with E-state index in [0.29, 0.717) is 11.6 Å². The van der Waals surface area contributed by atoms with Gasteiger partial charge in [0.2, 0.25) is 0 Å². The molecule has 2 aromatic carbocycles. The molecular weight excluding hydrogens is 438 g/mol. The number of para-hydroxylation sites is 2. The number of H-pyrrole nitrogens is 1. The molecule has 32 heavy (non-hydrogen) atoms. The number of aliphatic hydroxyl groups is 1. The molecule has 0 saturated heterocycles. The minimum absolute atomic E-state index is 0.0421. The third kappa shape index (κ3) is 3.84. The van der Waals surface area contributed by atoms with Crippen molar-refractivity contribution in [1.29, 1.82) is 5.26 Å². The van der Waals surface area contributed by atoms with Gasteiger partial charge in [-0.05, 0) is 30.7 Å². The number of thioether (sulfide) groups is 1. The Hall–Kier alpha value is -3.67. The summed E-state index contributed by atoms with van der Waals surface area (Å²) in [6, 6.07) is 21.8. The standard InChI is InChI=1S/C24H17N5OS2/c1-14-26-23(16-11-21(32-24(16)27-14)15-7-3-2-4-8-15)31-13-20(30)17(12-25)22-28-18-9-5-6-10-19(18)29-22/h2-11,30H,13H2,1H3,(H,28,29). The van der Waals surface area contributed by atoms with Gasteiger partial charge in [0.1, 0.15) is 33.1 Å². The predicted molar refractivity (Wildman–Crippen MR) is 130 cm³/mol. The summed E-state index contributed by atoms with van der Waals surface area (Å²) in [6.07, 6.45) is 0. The molecule has 6 nitrogen and oxygen atoms in total. The maximum absolute atomic E-state index is 10.7. The molecule has 0 unspecified atom stereocenters. The van der Waals surface area contributed by atoms with E-state index < -0.39 is 0 Å². The number of hydrogen-bond donors (Lipinski definition) is 2. The molecule has 0 atom stereocenters. The van der Waals surface area contributed by atoms with Crippen LogP contribution in [0.3, 0.4) is 0 Å². The monoisotopic (exact) mass is 455 g/mol. The summed E-state index contributed by atoms with van der Waals surface area (Å²) in [4.78, 5) is 18.7. The molecule has 0 fully saturated rings. The van der Waals surface area contributed by atoms with Gasteiger partial charge in [0.15, 0.2) is 5.82 Å². The van der Waals surface area contributed by atoms with Crippen LogP contribution in [0.2, 0.25) is 0 Å². The highest BCUT2D eigenvalue weighted by atomic mass is 32.2. The second-order valence-electron chi connectivity index (χ2n) is 7.10. The number of rotatable bonds is 5. The third-order valence-electron chi connectivity index (χ3n) is 4.90. The lowest BCUT2D eigenvalue weighted by atomic mass is 10.2. The molecule has 3 heterocycles. The Morgan fingerprint density at radius 2 is 1.88 bits per heavy atom. The first kappa shape index (κ1) is 20.2. The molecule has 2 N–H and O–H groups in total. The summed E-state index contributed by atoms with van der Waals surface area (Å²) in [5.74, 6) is 1.18. The third-order valence-corrected chi connectivity index (χ3v) is 6.98. The molecule has 5 aromatic rings. The van der Waals surface area contributed by atoms with Crippen LogP contribution in [-0.2, 0) is 0 Å². The van der Waals surface area contributed by atoms with Gasteiger partial charge in [0.05, 0.1) is 16.8 Å². The molecule has 0 spiro atoms. The van der Waals surface area contributed by atoms with Crippen molar-refractivity contribution in [3.05, 3.63) is 78.1 Å². The van der Waals surface area contributed by atoms with E-state index in [0.717, 1.165) is 36.7 Å². The van der Waals surface area contributed by atoms with Crippen LogP contribution in [0.15, 0.2) is 71.4 Å². The SMILES string of the molecule is Cc1nc(SCC(O)=C(C#N)c2nc3ccccc3[nH]2)c2cc(-c3ccccc3)sc2n1. The van der Waals surface area contributed by atoms with Crippen LogP contribution in [0, 0.1) is 18.3 Å². The van der Waals surface area contributed by atoms with Crippen molar-refractivity contribution < 1.29 is 5.11 Å². The Balaban J connectivity index is 1.47. The molecule has 0 amide bonds. The van der Waals surface area contributed by atoms with Crippen molar-refractivity contribution in [1.82, 2.24) is 19.9 Å². The largest absolute Gasteiger partial charge is 0.510 e. The van der Waals surface area contributed by atoms with Crippen molar-refractivity contribution in [2.75, 3.05) is 5.75 Å². The van der Waals surface area contributed by atoms with Crippen LogP contribution in [0.25, 0.3) is 37.3 Å². The first-order chi connectivity index (χ1) is 15.6. The Labute approximate surface area is 192 Å². The Morgan fingerprint density at radius 3 is 2.66 bits per heavy atom. The summed E-state index contributed by atoms with van der Waals surface area (Å²) >= 11 is 3.00. The summed E-state index contributed by atoms with van der Waals surface area (Å²) in [5, 5.41) is 22.1. The molecule has 0 saturated carbocycles. The summed E-state index contributed by atoms with van der Waals surface area (Å²) in [6.45, 7) is 1.86. The highest BCUT2D eigenvalue weighted by Gasteiger charge is 2.16. The van der Waals surface area contributed by atoms with Crippen molar-refractivity contribution in [2.45, 2.75) is 11.9 Å². The van der Waals surface area contributed by atoms with Gasteiger partial charge in [0, 0.05) is 10.3 Å². The lowest BCUT2D eigenvalue weighted by Gasteiger charge is -2.05. The number of nitrogens with one attached hydrogen (secondary N) is 1. The Bertz CT molecular complexity index is 1480. The Morgan fingerprint density at radius 1 is 1.09 bits per heavy atom. The minimum atomic E-state index is -0.0421. The van der Waals surface area contributed by atoms with Gasteiger partial charge < -0.3 is 10.1 Å². The topological polar surface area (TPSA) is 98.5 Å². The number of allylic oxidation sites excluding steroid dienone is 1. The maximum atomic E-state index is 10.7. The van der Waals surface area contributed by atoms with E-state index in [1.54, 1.807) is 11.3 Å². The van der Waals surface area contributed by atoms with Gasteiger partial charge >= 0.3 is 0 Å². The van der Waals surface area contributed by atoms with Crippen molar-refractivity contribution in [3.63, 3.8) is 0 Å². The molecule has 0 radical (unpaired) electrons. The van der Waals surface area contributed by atoms with Crippen LogP contribution < -0.4 is 0 Å². The van der Waals surface area contributed by atoms with Gasteiger partial charge in [-0.1, -0.05) is 54.2 Å². The van der Waals surface area contributed by atoms with E-state index >= 15 is 0 Å². The average molecular weight is 456 g/mol. The van der Waals surface area contributed by atoms with Crippen LogP contribution in [0.5, 0.6) is 0 Å². The minimum Gasteiger partial charge on any atom is -0.510 e. The van der Waals surface area contributed by atoms with E-state index in [4.69, 9.17) is 0 Å². The summed E-state index contributed by atoms with van der Waals surface area (Å²) in [7, 11) is 0. The molecule has 8 heteroatoms. The van der Waals surface area contributed by atoms with Gasteiger partial charge in [0.25, 0.3) is 0 Å². The number of fused-ring (bicyclic) bond motifs is 2. The highest BCUT2D eigenvalue weighted by molar-refractivity contribution is 7.99. The molecule has 0 bridgehead atoms. The zero-order valence-electron chi connectivity index (χ0n) is 17.0. The van der Waals surface area contributed by atoms with Crippen LogP contribution in [-0.4, -0.2) is 30.8 Å². The zero-order valence-corrected chi connectivity index (χ0v) is 18.7. The molecular formula is C24H17N5OS2. The Kier molecular flexibility index (Phi) is 5.35. The van der Waals surface area contributed by atoms with Gasteiger partial charge in [-0.15, -0.1) is 11.3 Å². The molecule has 156 valence electrons. The van der Waals surface area contributed by atoms with E-state index in [1.807, 2.05) is 49.4 Å². The molecule has 0 aliphatic rings. The van der Waals surface area contributed by atoms with E-state index in [1.165, 1.54) is 11.8 Å². The van der Waals surface area contributed by atoms with E-state index in [2.05, 4.69) is 44.2 Å². The van der Waals surface area contributed by atoms with Gasteiger partial charge in [-0.25, -0.2) is 15.0 Å². The quantitative estimate of drug-likeness (QED) is 0.143. The number of aromatic nitrogens is 4. The number of aliphatic hydroxyl groups excluding tert-OH is 1. The van der Waals surface area contributed by atoms with Crippen molar-refractivity contribution in [3.8, 4) is 16.5 Å². The number of aryl methyl sites for hydroxylation is 1. The first-order valence-corrected chi connectivity index (χ1v) is 11.7. The fourth-order valence-corrected chi connectivity index (χ4v) is 5.46. The van der Waals surface area contributed by atoms with Crippen LogP contribution in [0.1, 0.15) is 11.6 Å². The summed E-state index contributed by atoms with van der Waals surface area (Å²) < 4.78 is 0. The second-order valence-corrected chi connectivity index (χ2v) is 9.09. The lowest BCUT2D eigenvalue weighted by molar-refractivity contribution is 0.420. The lowest BCUT2D eigenvalue weighted by Crippen LogP contribution is -1.97. The molecule has 5 rings (SSSR count). The highest BCUT2D eigenvalue weighted by Crippen LogP contribution is 2.37. The summed E-state index contributed by atoms with van der Waals surface area (Å²) in [5.41, 5.74) is 2.82. The smallest absolute Gasteiger partial charge is 0.152 e. The number of thiophene rings is 1. The second kappa shape index (κ2) is 8.46. The fourth-order valence-electron chi connectivity index (χ4n) is 3.39. The van der Waals surface area contributed by atoms with Crippen LogP contribution in [0.4, 0.5) is 0 Å². The number of nitrogens with zero attached hydrogens (tertiary/aromatic N) is 4. The normalized spacial score (nSPS) is 12.1. The average Bonchev–Trinajstić information content (AvgIpc) is 3.42. The fraction of sp³-hybridized carbons (Fsp3) is 0.0833. The zero-order chi connectivity index (χ0) is 22.1. The van der Waals surface area contributed by atoms with E-state index in [9.17, 15) is 10.4 Å².